The normalized spacial score (nSPS) is 20.4. The van der Waals surface area contributed by atoms with E-state index in [1.807, 2.05) is 11.8 Å². The number of thioether (sulfide) groups is 1. The van der Waals surface area contributed by atoms with Gasteiger partial charge < -0.3 is 9.84 Å². The van der Waals surface area contributed by atoms with E-state index in [0.29, 0.717) is 5.25 Å². The van der Waals surface area contributed by atoms with Gasteiger partial charge >= 0.3 is 0 Å². The van der Waals surface area contributed by atoms with Gasteiger partial charge in [-0.25, -0.2) is 0 Å². The molecule has 1 N–H and O–H groups in total. The summed E-state index contributed by atoms with van der Waals surface area (Å²) in [6.07, 6.45) is 1.17. The summed E-state index contributed by atoms with van der Waals surface area (Å²) in [7, 11) is 0. The third-order valence-electron chi connectivity index (χ3n) is 3.61. The highest BCUT2D eigenvalue weighted by molar-refractivity contribution is 7.99. The first-order valence-electron chi connectivity index (χ1n) is 7.09. The number of hydrogen-bond acceptors (Lipinski definition) is 6. The molecule has 0 bridgehead atoms. The molecule has 0 aromatic carbocycles. The van der Waals surface area contributed by atoms with Crippen molar-refractivity contribution in [3.8, 4) is 0 Å². The van der Waals surface area contributed by atoms with Crippen molar-refractivity contribution in [3.63, 3.8) is 0 Å². The van der Waals surface area contributed by atoms with Gasteiger partial charge in [0.15, 0.2) is 5.82 Å². The Morgan fingerprint density at radius 3 is 2.79 bits per heavy atom. The maximum atomic E-state index is 5.41. The molecule has 5 nitrogen and oxygen atoms in total. The summed E-state index contributed by atoms with van der Waals surface area (Å²) in [6, 6.07) is 0.219. The van der Waals surface area contributed by atoms with E-state index in [2.05, 4.69) is 41.1 Å². The number of hydrogen-bond donors (Lipinski definition) is 1. The van der Waals surface area contributed by atoms with Crippen LogP contribution in [-0.4, -0.2) is 46.5 Å². The molecule has 1 aromatic heterocycles. The zero-order valence-electron chi connectivity index (χ0n) is 12.1. The number of rotatable bonds is 6. The van der Waals surface area contributed by atoms with E-state index in [4.69, 9.17) is 4.52 Å². The van der Waals surface area contributed by atoms with E-state index in [1.165, 1.54) is 6.42 Å². The Labute approximate surface area is 119 Å². The van der Waals surface area contributed by atoms with E-state index in [9.17, 15) is 0 Å². The molecular formula is C13H24N4OS. The van der Waals surface area contributed by atoms with Crippen LogP contribution in [0.4, 0.5) is 0 Å². The molecule has 0 spiro atoms. The molecule has 1 aliphatic heterocycles. The van der Waals surface area contributed by atoms with Crippen LogP contribution in [0.1, 0.15) is 44.9 Å². The van der Waals surface area contributed by atoms with Gasteiger partial charge in [0.2, 0.25) is 5.89 Å². The molecule has 0 radical (unpaired) electrons. The van der Waals surface area contributed by atoms with E-state index >= 15 is 0 Å². The Kier molecular flexibility index (Phi) is 5.66. The molecule has 1 aromatic rings. The summed E-state index contributed by atoms with van der Waals surface area (Å²) in [4.78, 5) is 6.92. The monoisotopic (exact) mass is 284 g/mol. The minimum Gasteiger partial charge on any atom is -0.338 e. The lowest BCUT2D eigenvalue weighted by atomic mass is 10.2. The van der Waals surface area contributed by atoms with Crippen molar-refractivity contribution >= 4 is 11.8 Å². The first kappa shape index (κ1) is 14.8. The molecule has 1 fully saturated rings. The van der Waals surface area contributed by atoms with Crippen molar-refractivity contribution < 1.29 is 4.52 Å². The van der Waals surface area contributed by atoms with E-state index < -0.39 is 0 Å². The predicted octanol–water partition coefficient (Wildman–Crippen LogP) is 2.07. The Hall–Kier alpha value is -0.590. The highest BCUT2D eigenvalue weighted by atomic mass is 32.2. The summed E-state index contributed by atoms with van der Waals surface area (Å²) in [5, 5.41) is 8.09. The molecule has 0 saturated carbocycles. The largest absolute Gasteiger partial charge is 0.338 e. The Bertz CT molecular complexity index is 378. The Morgan fingerprint density at radius 1 is 1.37 bits per heavy atom. The molecule has 0 aliphatic carbocycles. The molecule has 6 heteroatoms. The standard InChI is InChI=1S/C13H24N4OS/c1-4-10(2)19-9-12-15-13(18-16-12)11(3)17-7-5-14-6-8-17/h10-11,14H,4-9H2,1-3H3. The number of nitrogens with one attached hydrogen (secondary N) is 1. The van der Waals surface area contributed by atoms with Gasteiger partial charge in [0.1, 0.15) is 0 Å². The van der Waals surface area contributed by atoms with Crippen LogP contribution in [0.15, 0.2) is 4.52 Å². The van der Waals surface area contributed by atoms with Crippen LogP contribution in [0.5, 0.6) is 0 Å². The molecule has 0 amide bonds. The van der Waals surface area contributed by atoms with Gasteiger partial charge in [-0.2, -0.15) is 16.7 Å². The third kappa shape index (κ3) is 4.19. The second kappa shape index (κ2) is 7.26. The summed E-state index contributed by atoms with van der Waals surface area (Å²) < 4.78 is 5.41. The van der Waals surface area contributed by atoms with Crippen molar-refractivity contribution in [1.29, 1.82) is 0 Å². The van der Waals surface area contributed by atoms with Gasteiger partial charge in [-0.05, 0) is 13.3 Å². The molecule has 1 saturated heterocycles. The van der Waals surface area contributed by atoms with Gasteiger partial charge in [-0.3, -0.25) is 4.90 Å². The van der Waals surface area contributed by atoms with Crippen LogP contribution in [0.25, 0.3) is 0 Å². The first-order chi connectivity index (χ1) is 9.20. The van der Waals surface area contributed by atoms with Crippen molar-refractivity contribution in [3.05, 3.63) is 11.7 Å². The van der Waals surface area contributed by atoms with Crippen molar-refractivity contribution in [2.24, 2.45) is 0 Å². The van der Waals surface area contributed by atoms with Gasteiger partial charge in [0, 0.05) is 31.4 Å². The fourth-order valence-electron chi connectivity index (χ4n) is 2.06. The second-order valence-electron chi connectivity index (χ2n) is 5.04. The van der Waals surface area contributed by atoms with Crippen LogP contribution in [0.3, 0.4) is 0 Å². The number of piperazine rings is 1. The minimum absolute atomic E-state index is 0.219. The molecule has 2 atom stereocenters. The van der Waals surface area contributed by atoms with Crippen LogP contribution in [0.2, 0.25) is 0 Å². The second-order valence-corrected chi connectivity index (χ2v) is 6.47. The lowest BCUT2D eigenvalue weighted by molar-refractivity contribution is 0.154. The SMILES string of the molecule is CCC(C)SCc1noc(C(C)N2CCNCC2)n1. The van der Waals surface area contributed by atoms with Crippen molar-refractivity contribution in [2.75, 3.05) is 26.2 Å². The summed E-state index contributed by atoms with van der Waals surface area (Å²) in [6.45, 7) is 10.7. The lowest BCUT2D eigenvalue weighted by Gasteiger charge is -2.30. The van der Waals surface area contributed by atoms with E-state index in [0.717, 1.165) is 43.6 Å². The Balaban J connectivity index is 1.88. The average molecular weight is 284 g/mol. The zero-order chi connectivity index (χ0) is 13.7. The third-order valence-corrected chi connectivity index (χ3v) is 4.94. The van der Waals surface area contributed by atoms with E-state index in [1.54, 1.807) is 0 Å². The number of nitrogens with zero attached hydrogens (tertiary/aromatic N) is 3. The maximum Gasteiger partial charge on any atom is 0.243 e. The van der Waals surface area contributed by atoms with Crippen molar-refractivity contribution in [2.45, 2.75) is 44.2 Å². The summed E-state index contributed by atoms with van der Waals surface area (Å²) in [5.74, 6) is 2.41. The van der Waals surface area contributed by atoms with Crippen LogP contribution in [-0.2, 0) is 5.75 Å². The van der Waals surface area contributed by atoms with Gasteiger partial charge in [0.05, 0.1) is 11.8 Å². The minimum atomic E-state index is 0.219. The molecule has 108 valence electrons. The zero-order valence-corrected chi connectivity index (χ0v) is 12.9. The summed E-state index contributed by atoms with van der Waals surface area (Å²) >= 11 is 1.88. The molecule has 2 unspecified atom stereocenters. The van der Waals surface area contributed by atoms with Gasteiger partial charge in [-0.1, -0.05) is 19.0 Å². The van der Waals surface area contributed by atoms with E-state index in [-0.39, 0.29) is 6.04 Å². The first-order valence-corrected chi connectivity index (χ1v) is 8.14. The predicted molar refractivity (Wildman–Crippen MR) is 78.2 cm³/mol. The van der Waals surface area contributed by atoms with Crippen LogP contribution in [0, 0.1) is 0 Å². The maximum absolute atomic E-state index is 5.41. The fraction of sp³-hybridized carbons (Fsp3) is 0.846. The van der Waals surface area contributed by atoms with Crippen molar-refractivity contribution in [1.82, 2.24) is 20.4 Å². The van der Waals surface area contributed by atoms with Crippen LogP contribution >= 0.6 is 11.8 Å². The lowest BCUT2D eigenvalue weighted by Crippen LogP contribution is -2.44. The van der Waals surface area contributed by atoms with Gasteiger partial charge in [-0.15, -0.1) is 0 Å². The van der Waals surface area contributed by atoms with Gasteiger partial charge in [0.25, 0.3) is 0 Å². The molecule has 2 rings (SSSR count). The summed E-state index contributed by atoms with van der Waals surface area (Å²) in [5.41, 5.74) is 0. The highest BCUT2D eigenvalue weighted by Crippen LogP contribution is 2.22. The smallest absolute Gasteiger partial charge is 0.243 e. The Morgan fingerprint density at radius 2 is 2.11 bits per heavy atom. The quantitative estimate of drug-likeness (QED) is 0.863. The molecule has 1 aliphatic rings. The van der Waals surface area contributed by atoms with Crippen LogP contribution < -0.4 is 5.32 Å². The fourth-order valence-corrected chi connectivity index (χ4v) is 2.84. The molecule has 19 heavy (non-hydrogen) atoms. The topological polar surface area (TPSA) is 54.2 Å². The molecule has 2 heterocycles. The molecular weight excluding hydrogens is 260 g/mol. The average Bonchev–Trinajstić information content (AvgIpc) is 2.93. The highest BCUT2D eigenvalue weighted by Gasteiger charge is 2.22. The number of aromatic nitrogens is 2.